The number of anilines is 2. The van der Waals surface area contributed by atoms with Crippen LogP contribution >= 0.6 is 27.4 Å². The van der Waals surface area contributed by atoms with E-state index in [1.54, 1.807) is 0 Å². The van der Waals surface area contributed by atoms with Crippen molar-refractivity contribution in [3.05, 3.63) is 84.0 Å². The second-order valence-corrected chi connectivity index (χ2v) is 18.0. The fourth-order valence-electron chi connectivity index (χ4n) is 6.64. The van der Waals surface area contributed by atoms with E-state index in [0.29, 0.717) is 5.75 Å². The molecule has 0 radical (unpaired) electrons. The van der Waals surface area contributed by atoms with Crippen molar-refractivity contribution in [3.8, 4) is 0 Å². The van der Waals surface area contributed by atoms with Crippen LogP contribution in [0.1, 0.15) is 50.1 Å². The van der Waals surface area contributed by atoms with E-state index < -0.39 is 95.4 Å². The van der Waals surface area contributed by atoms with Gasteiger partial charge in [0.1, 0.15) is 54.3 Å². The molecule has 1 aromatic carbocycles. The molecule has 3 aromatic heterocycles. The van der Waals surface area contributed by atoms with E-state index in [0.717, 1.165) is 28.2 Å². The van der Waals surface area contributed by atoms with Gasteiger partial charge in [-0.05, 0) is 24.5 Å². The molecule has 2 aliphatic rings. The Balaban J connectivity index is 1.20. The SMILES string of the molecule is C=CCCC(=O)NC(CCC(=O)SCc1ccccc1)C(=O)O[C@H]1[C@@H](O)[C@H](n2cnc3c(N)ncnc32)O[C@@H]1COP(=O)(O)O[C@H]1C[C@H](n2ccc(N)nc2=O)O[C@@H]1COP(=O)(O)O. The molecule has 0 bridgehead atoms. The number of fused-ring (bicyclic) bond motifs is 1. The van der Waals surface area contributed by atoms with Crippen LogP contribution in [0.3, 0.4) is 0 Å². The van der Waals surface area contributed by atoms with Crippen molar-refractivity contribution in [1.29, 1.82) is 0 Å². The van der Waals surface area contributed by atoms with Crippen molar-refractivity contribution in [3.63, 3.8) is 0 Å². The number of phosphoric acid groups is 2. The summed E-state index contributed by atoms with van der Waals surface area (Å²) in [5.41, 5.74) is 11.8. The number of thioether (sulfide) groups is 1. The minimum Gasteiger partial charge on any atom is -0.455 e. The molecule has 1 amide bonds. The lowest BCUT2D eigenvalue weighted by atomic mass is 10.1. The highest BCUT2D eigenvalue weighted by Crippen LogP contribution is 2.50. The quantitative estimate of drug-likeness (QED) is 0.0348. The van der Waals surface area contributed by atoms with Crippen molar-refractivity contribution in [2.75, 3.05) is 24.7 Å². The molecule has 9 N–H and O–H groups in total. The smallest absolute Gasteiger partial charge is 0.455 e. The van der Waals surface area contributed by atoms with Crippen molar-refractivity contribution < 1.29 is 71.1 Å². The largest absolute Gasteiger partial charge is 0.472 e. The Morgan fingerprint density at radius 3 is 2.48 bits per heavy atom. The number of aromatic nitrogens is 6. The lowest BCUT2D eigenvalue weighted by Crippen LogP contribution is -2.46. The fourth-order valence-corrected chi connectivity index (χ4v) is 8.72. The van der Waals surface area contributed by atoms with Gasteiger partial charge in [0, 0.05) is 31.2 Å². The fraction of sp³-hybridized carbons (Fsp3) is 0.444. The molecule has 2 fully saturated rings. The van der Waals surface area contributed by atoms with E-state index in [-0.39, 0.29) is 60.0 Å². The van der Waals surface area contributed by atoms with E-state index in [4.69, 9.17) is 34.7 Å². The van der Waals surface area contributed by atoms with Crippen LogP contribution in [0, 0.1) is 0 Å². The predicted octanol–water partition coefficient (Wildman–Crippen LogP) is 1.01. The molecule has 5 heterocycles. The van der Waals surface area contributed by atoms with Crippen molar-refractivity contribution in [2.45, 2.75) is 86.9 Å². The third-order valence-corrected chi connectivity index (χ3v) is 12.2. The van der Waals surface area contributed by atoms with E-state index in [9.17, 15) is 48.1 Å². The molecule has 346 valence electrons. The Morgan fingerprint density at radius 1 is 1.02 bits per heavy atom. The highest BCUT2D eigenvalue weighted by atomic mass is 32.2. The van der Waals surface area contributed by atoms with Crippen LogP contribution in [0.5, 0.6) is 0 Å². The number of imidazole rings is 1. The Labute approximate surface area is 367 Å². The van der Waals surface area contributed by atoms with Gasteiger partial charge in [0.25, 0.3) is 0 Å². The summed E-state index contributed by atoms with van der Waals surface area (Å²) in [4.78, 5) is 97.7. The highest BCUT2D eigenvalue weighted by Gasteiger charge is 2.50. The number of carbonyl (C=O) groups is 3. The standard InChI is InChI=1S/C36H45N9O16P2S/c1-2-3-9-26(46)42-21(10-11-28(47)64-17-20-7-5-4-6-8-20)35(49)60-31-24(59-34(30(31)48)45-19-41-29-32(38)39-18-40-33(29)45)16-57-63(54,55)61-22-14-27(44-13-12-25(37)43-36(44)50)58-23(22)15-56-62(51,52)53/h2,4-8,12-13,18-19,21-24,27,30-31,34,48H,1,3,9-11,14-17H2,(H,42,46)(H,54,55)(H2,37,43,50)(H2,38,39,40)(H2,51,52,53)/t21?,22-,23+,24+,27+,30+,31+,34+/m0/s1. The molecule has 2 saturated heterocycles. The zero-order valence-corrected chi connectivity index (χ0v) is 36.2. The number of carbonyl (C=O) groups excluding carboxylic acids is 3. The summed E-state index contributed by atoms with van der Waals surface area (Å²) >= 11 is 1.02. The first-order chi connectivity index (χ1) is 30.4. The number of rotatable bonds is 21. The first kappa shape index (κ1) is 48.5. The monoisotopic (exact) mass is 953 g/mol. The number of nitrogens with zero attached hydrogens (tertiary/aromatic N) is 6. The number of esters is 1. The van der Waals surface area contributed by atoms with Gasteiger partial charge < -0.3 is 50.8 Å². The van der Waals surface area contributed by atoms with Crippen LogP contribution in [-0.2, 0) is 57.0 Å². The van der Waals surface area contributed by atoms with E-state index >= 15 is 0 Å². The van der Waals surface area contributed by atoms with Crippen LogP contribution in [0.2, 0.25) is 0 Å². The summed E-state index contributed by atoms with van der Waals surface area (Å²) in [7, 11) is -10.3. The average molecular weight is 954 g/mol. The average Bonchev–Trinajstić information content (AvgIpc) is 3.94. The minimum absolute atomic E-state index is 0.0101. The third-order valence-electron chi connectivity index (χ3n) is 9.72. The van der Waals surface area contributed by atoms with Crippen LogP contribution in [0.25, 0.3) is 11.2 Å². The molecule has 9 atom stereocenters. The van der Waals surface area contributed by atoms with E-state index in [1.165, 1.54) is 29.2 Å². The number of hydrogen-bond donors (Lipinski definition) is 7. The number of hydrogen-bond acceptors (Lipinski definition) is 20. The summed E-state index contributed by atoms with van der Waals surface area (Å²) in [5, 5.41) is 14.0. The number of nitrogen functional groups attached to an aromatic ring is 2. The van der Waals surface area contributed by atoms with Gasteiger partial charge in [0.15, 0.2) is 28.9 Å². The molecule has 64 heavy (non-hydrogen) atoms. The van der Waals surface area contributed by atoms with Gasteiger partial charge in [0.2, 0.25) is 5.91 Å². The first-order valence-electron chi connectivity index (χ1n) is 19.3. The Hall–Kier alpha value is -4.95. The molecule has 0 spiro atoms. The molecule has 4 aromatic rings. The maximum Gasteiger partial charge on any atom is 0.472 e. The zero-order valence-electron chi connectivity index (χ0n) is 33.6. The number of amides is 1. The molecule has 28 heteroatoms. The van der Waals surface area contributed by atoms with E-state index in [1.807, 2.05) is 30.3 Å². The molecule has 6 rings (SSSR count). The van der Waals surface area contributed by atoms with Gasteiger partial charge in [-0.2, -0.15) is 4.98 Å². The predicted molar refractivity (Wildman–Crippen MR) is 223 cm³/mol. The number of nitrogens with two attached hydrogens (primary N) is 2. The Kier molecular flexibility index (Phi) is 16.2. The lowest BCUT2D eigenvalue weighted by Gasteiger charge is -2.25. The van der Waals surface area contributed by atoms with Gasteiger partial charge in [-0.25, -0.2) is 33.7 Å². The second-order valence-electron chi connectivity index (χ2n) is 14.3. The lowest BCUT2D eigenvalue weighted by molar-refractivity contribution is -0.160. The van der Waals surface area contributed by atoms with Gasteiger partial charge in [-0.1, -0.05) is 48.2 Å². The van der Waals surface area contributed by atoms with Crippen molar-refractivity contribution in [1.82, 2.24) is 34.4 Å². The van der Waals surface area contributed by atoms with Crippen molar-refractivity contribution >= 4 is 67.2 Å². The van der Waals surface area contributed by atoms with Crippen LogP contribution in [-0.4, -0.2) is 116 Å². The zero-order chi connectivity index (χ0) is 46.2. The molecule has 0 aliphatic carbocycles. The number of aliphatic hydroxyl groups is 1. The number of benzene rings is 1. The number of nitrogens with one attached hydrogen (secondary N) is 1. The Morgan fingerprint density at radius 2 is 1.77 bits per heavy atom. The minimum atomic E-state index is -5.26. The topological polar surface area (TPSA) is 364 Å². The van der Waals surface area contributed by atoms with Gasteiger partial charge >= 0.3 is 27.3 Å². The summed E-state index contributed by atoms with van der Waals surface area (Å²) in [5.74, 6) is -1.41. The van der Waals surface area contributed by atoms with Crippen LogP contribution in [0.15, 0.2) is 72.7 Å². The normalized spacial score (nSPS) is 23.7. The highest BCUT2D eigenvalue weighted by molar-refractivity contribution is 8.12. The third kappa shape index (κ3) is 12.9. The van der Waals surface area contributed by atoms with Gasteiger partial charge in [-0.3, -0.25) is 32.3 Å². The first-order valence-corrected chi connectivity index (χ1v) is 23.3. The molecule has 0 saturated carbocycles. The van der Waals surface area contributed by atoms with Crippen molar-refractivity contribution in [2.24, 2.45) is 0 Å². The number of allylic oxidation sites excluding steroid dienone is 1. The maximum absolute atomic E-state index is 13.9. The van der Waals surface area contributed by atoms with Crippen LogP contribution in [0.4, 0.5) is 11.6 Å². The molecular weight excluding hydrogens is 908 g/mol. The van der Waals surface area contributed by atoms with Gasteiger partial charge in [-0.15, -0.1) is 6.58 Å². The molecule has 2 aliphatic heterocycles. The molecule has 2 unspecified atom stereocenters. The van der Waals surface area contributed by atoms with Gasteiger partial charge in [0.05, 0.1) is 19.5 Å². The second kappa shape index (κ2) is 21.4. The number of ether oxygens (including phenoxy) is 3. The molecule has 25 nitrogen and oxygen atoms in total. The van der Waals surface area contributed by atoms with E-state index in [2.05, 4.69) is 36.4 Å². The summed E-state index contributed by atoms with van der Waals surface area (Å²) < 4.78 is 60.1. The van der Waals surface area contributed by atoms with Crippen LogP contribution < -0.4 is 22.5 Å². The Bertz CT molecular complexity index is 2460. The summed E-state index contributed by atoms with van der Waals surface area (Å²) in [6.07, 6.45) is -6.12. The maximum atomic E-state index is 13.9. The number of aliphatic hydroxyl groups excluding tert-OH is 1. The summed E-state index contributed by atoms with van der Waals surface area (Å²) in [6.45, 7) is 1.81. The summed E-state index contributed by atoms with van der Waals surface area (Å²) in [6, 6.07) is 9.06. The molecular formula is C36H45N9O16P2S. The number of phosphoric ester groups is 2.